The Balaban J connectivity index is 1.87. The number of tetrazole rings is 1. The number of aryl methyl sites for hydroxylation is 4. The van der Waals surface area contributed by atoms with Gasteiger partial charge >= 0.3 is 0 Å². The van der Waals surface area contributed by atoms with Crippen molar-refractivity contribution in [3.05, 3.63) is 64.2 Å². The second-order valence-electron chi connectivity index (χ2n) is 6.54. The van der Waals surface area contributed by atoms with Gasteiger partial charge in [0.1, 0.15) is 0 Å². The van der Waals surface area contributed by atoms with Gasteiger partial charge in [0.25, 0.3) is 0 Å². The Bertz CT molecular complexity index is 944. The predicted molar refractivity (Wildman–Crippen MR) is 104 cm³/mol. The van der Waals surface area contributed by atoms with E-state index in [0.717, 1.165) is 27.9 Å². The van der Waals surface area contributed by atoms with Crippen LogP contribution in [0.1, 0.15) is 39.5 Å². The molecule has 0 saturated heterocycles. The fourth-order valence-corrected chi connectivity index (χ4v) is 3.74. The largest absolute Gasteiger partial charge is 0.293 e. The van der Waals surface area contributed by atoms with Crippen LogP contribution >= 0.6 is 11.8 Å². The molecule has 0 aliphatic heterocycles. The highest BCUT2D eigenvalue weighted by atomic mass is 32.2. The number of rotatable bonds is 5. The Morgan fingerprint density at radius 3 is 2.35 bits per heavy atom. The van der Waals surface area contributed by atoms with E-state index in [1.165, 1.54) is 17.3 Å². The zero-order valence-electron chi connectivity index (χ0n) is 15.6. The lowest BCUT2D eigenvalue weighted by molar-refractivity contribution is 0.0993. The van der Waals surface area contributed by atoms with Gasteiger partial charge < -0.3 is 0 Å². The first-order valence-corrected chi connectivity index (χ1v) is 9.39. The number of aromatic nitrogens is 4. The van der Waals surface area contributed by atoms with Gasteiger partial charge in [-0.25, -0.2) is 0 Å². The van der Waals surface area contributed by atoms with Gasteiger partial charge in [-0.3, -0.25) is 4.79 Å². The molecule has 0 amide bonds. The minimum atomic E-state index is -0.286. The fourth-order valence-electron chi connectivity index (χ4n) is 2.87. The summed E-state index contributed by atoms with van der Waals surface area (Å²) in [6.07, 6.45) is 0. The molecular formula is C20H22N4OS. The Kier molecular flexibility index (Phi) is 5.23. The van der Waals surface area contributed by atoms with E-state index in [1.807, 2.05) is 71.0 Å². The smallest absolute Gasteiger partial charge is 0.214 e. The molecule has 0 saturated carbocycles. The molecule has 6 heteroatoms. The lowest BCUT2D eigenvalue weighted by atomic mass is 10.0. The van der Waals surface area contributed by atoms with Crippen LogP contribution in [0.25, 0.3) is 5.69 Å². The van der Waals surface area contributed by atoms with Gasteiger partial charge in [0, 0.05) is 5.56 Å². The molecule has 0 radical (unpaired) electrons. The lowest BCUT2D eigenvalue weighted by Crippen LogP contribution is -2.15. The standard InChI is InChI=1S/C20H22N4OS/c1-12-9-10-17(11-15(12)4)19(25)16(5)26-20-21-22-23-24(20)18-13(2)7-6-8-14(18)3/h6-11,16H,1-5H3/t16-/m0/s1. The number of nitrogens with zero attached hydrogens (tertiary/aromatic N) is 4. The highest BCUT2D eigenvalue weighted by molar-refractivity contribution is 8.00. The van der Waals surface area contributed by atoms with Crippen LogP contribution in [0.4, 0.5) is 0 Å². The zero-order chi connectivity index (χ0) is 18.8. The molecule has 5 nitrogen and oxygen atoms in total. The molecule has 134 valence electrons. The van der Waals surface area contributed by atoms with Crippen LogP contribution < -0.4 is 0 Å². The SMILES string of the molecule is Cc1ccc(C(=O)[C@H](C)Sc2nnnn2-c2c(C)cccc2C)cc1C. The summed E-state index contributed by atoms with van der Waals surface area (Å²) < 4.78 is 1.72. The molecule has 0 bridgehead atoms. The first-order chi connectivity index (χ1) is 12.4. The molecule has 0 spiro atoms. The summed E-state index contributed by atoms with van der Waals surface area (Å²) in [5.41, 5.74) is 6.17. The molecule has 1 atom stereocenters. The van der Waals surface area contributed by atoms with Gasteiger partial charge in [-0.2, -0.15) is 4.68 Å². The molecule has 1 heterocycles. The van der Waals surface area contributed by atoms with Gasteiger partial charge in [-0.15, -0.1) is 5.10 Å². The second-order valence-corrected chi connectivity index (χ2v) is 7.85. The lowest BCUT2D eigenvalue weighted by Gasteiger charge is -2.13. The van der Waals surface area contributed by atoms with Crippen molar-refractivity contribution < 1.29 is 4.79 Å². The average molecular weight is 366 g/mol. The molecule has 0 unspecified atom stereocenters. The van der Waals surface area contributed by atoms with Crippen LogP contribution in [0.3, 0.4) is 0 Å². The van der Waals surface area contributed by atoms with Crippen molar-refractivity contribution in [1.82, 2.24) is 20.2 Å². The van der Waals surface area contributed by atoms with E-state index >= 15 is 0 Å². The van der Waals surface area contributed by atoms with Crippen LogP contribution in [-0.2, 0) is 0 Å². The third kappa shape index (κ3) is 3.55. The van der Waals surface area contributed by atoms with Crippen molar-refractivity contribution in [2.75, 3.05) is 0 Å². The maximum atomic E-state index is 12.8. The highest BCUT2D eigenvalue weighted by Crippen LogP contribution is 2.28. The van der Waals surface area contributed by atoms with Gasteiger partial charge in [0.2, 0.25) is 5.16 Å². The minimum Gasteiger partial charge on any atom is -0.293 e. The van der Waals surface area contributed by atoms with E-state index in [9.17, 15) is 4.79 Å². The number of ketones is 1. The molecule has 1 aromatic heterocycles. The van der Waals surface area contributed by atoms with E-state index in [-0.39, 0.29) is 11.0 Å². The molecule has 2 aromatic carbocycles. The Hall–Kier alpha value is -2.47. The Morgan fingerprint density at radius 1 is 1.00 bits per heavy atom. The first kappa shape index (κ1) is 18.3. The fraction of sp³-hybridized carbons (Fsp3) is 0.300. The Labute approximate surface area is 157 Å². The molecular weight excluding hydrogens is 344 g/mol. The van der Waals surface area contributed by atoms with Crippen LogP contribution in [-0.4, -0.2) is 31.2 Å². The van der Waals surface area contributed by atoms with Crippen LogP contribution in [0.2, 0.25) is 0 Å². The van der Waals surface area contributed by atoms with Crippen molar-refractivity contribution in [3.63, 3.8) is 0 Å². The number of hydrogen-bond donors (Lipinski definition) is 0. The molecule has 26 heavy (non-hydrogen) atoms. The maximum absolute atomic E-state index is 12.8. The monoisotopic (exact) mass is 366 g/mol. The maximum Gasteiger partial charge on any atom is 0.214 e. The van der Waals surface area contributed by atoms with Crippen molar-refractivity contribution in [3.8, 4) is 5.69 Å². The highest BCUT2D eigenvalue weighted by Gasteiger charge is 2.21. The van der Waals surface area contributed by atoms with Gasteiger partial charge in [0.15, 0.2) is 5.78 Å². The van der Waals surface area contributed by atoms with Crippen LogP contribution in [0.5, 0.6) is 0 Å². The number of carbonyl (C=O) groups is 1. The summed E-state index contributed by atoms with van der Waals surface area (Å²) in [4.78, 5) is 12.8. The van der Waals surface area contributed by atoms with Gasteiger partial charge in [0.05, 0.1) is 10.9 Å². The summed E-state index contributed by atoms with van der Waals surface area (Å²) in [7, 11) is 0. The summed E-state index contributed by atoms with van der Waals surface area (Å²) in [5, 5.41) is 12.4. The predicted octanol–water partition coefficient (Wildman–Crippen LogP) is 4.26. The zero-order valence-corrected chi connectivity index (χ0v) is 16.5. The number of para-hydroxylation sites is 1. The van der Waals surface area contributed by atoms with Crippen molar-refractivity contribution in [1.29, 1.82) is 0 Å². The molecule has 0 aliphatic rings. The molecule has 0 N–H and O–H groups in total. The summed E-state index contributed by atoms with van der Waals surface area (Å²) in [6.45, 7) is 10.0. The van der Waals surface area contributed by atoms with E-state index in [4.69, 9.17) is 0 Å². The molecule has 0 aliphatic carbocycles. The number of carbonyl (C=O) groups excluding carboxylic acids is 1. The topological polar surface area (TPSA) is 60.7 Å². The number of Topliss-reactive ketones (excluding diaryl/α,β-unsaturated/α-hetero) is 1. The third-order valence-electron chi connectivity index (χ3n) is 4.54. The van der Waals surface area contributed by atoms with E-state index < -0.39 is 0 Å². The van der Waals surface area contributed by atoms with Crippen molar-refractivity contribution in [2.45, 2.75) is 45.0 Å². The van der Waals surface area contributed by atoms with E-state index in [2.05, 4.69) is 15.5 Å². The van der Waals surface area contributed by atoms with E-state index in [0.29, 0.717) is 5.16 Å². The van der Waals surface area contributed by atoms with E-state index in [1.54, 1.807) is 4.68 Å². The summed E-state index contributed by atoms with van der Waals surface area (Å²) >= 11 is 1.38. The molecule has 3 aromatic rings. The third-order valence-corrected chi connectivity index (χ3v) is 5.57. The first-order valence-electron chi connectivity index (χ1n) is 8.51. The van der Waals surface area contributed by atoms with Crippen molar-refractivity contribution >= 4 is 17.5 Å². The molecule has 0 fully saturated rings. The summed E-state index contributed by atoms with van der Waals surface area (Å²) in [6, 6.07) is 11.9. The quantitative estimate of drug-likeness (QED) is 0.499. The van der Waals surface area contributed by atoms with Gasteiger partial charge in [-0.05, 0) is 73.4 Å². The normalized spacial score (nSPS) is 12.2. The average Bonchev–Trinajstić information content (AvgIpc) is 3.04. The number of thioether (sulfide) groups is 1. The second kappa shape index (κ2) is 7.41. The Morgan fingerprint density at radius 2 is 1.69 bits per heavy atom. The van der Waals surface area contributed by atoms with Gasteiger partial charge in [-0.1, -0.05) is 42.1 Å². The summed E-state index contributed by atoms with van der Waals surface area (Å²) in [5.74, 6) is 0.0779. The number of benzene rings is 2. The van der Waals surface area contributed by atoms with Crippen molar-refractivity contribution in [2.24, 2.45) is 0 Å². The molecule has 3 rings (SSSR count). The van der Waals surface area contributed by atoms with Crippen LogP contribution in [0.15, 0.2) is 41.6 Å². The minimum absolute atomic E-state index is 0.0779. The number of hydrogen-bond acceptors (Lipinski definition) is 5. The van der Waals surface area contributed by atoms with Crippen LogP contribution in [0, 0.1) is 27.7 Å².